The van der Waals surface area contributed by atoms with Crippen LogP contribution < -0.4 is 15.8 Å². The second-order valence-electron chi connectivity index (χ2n) is 5.25. The minimum absolute atomic E-state index is 0.114. The van der Waals surface area contributed by atoms with Gasteiger partial charge in [0.25, 0.3) is 5.56 Å². The molecule has 0 radical (unpaired) electrons. The number of nitrogens with one attached hydrogen (secondary N) is 2. The molecule has 0 bridgehead atoms. The summed E-state index contributed by atoms with van der Waals surface area (Å²) in [5, 5.41) is 3.62. The van der Waals surface area contributed by atoms with Crippen LogP contribution in [0.25, 0.3) is 0 Å². The van der Waals surface area contributed by atoms with Gasteiger partial charge in [-0.15, -0.1) is 0 Å². The van der Waals surface area contributed by atoms with Gasteiger partial charge in [0, 0.05) is 44.7 Å². The average Bonchev–Trinajstić information content (AvgIpc) is 2.47. The van der Waals surface area contributed by atoms with Gasteiger partial charge >= 0.3 is 0 Å². The van der Waals surface area contributed by atoms with Crippen LogP contribution in [0.3, 0.4) is 0 Å². The van der Waals surface area contributed by atoms with Gasteiger partial charge in [0.2, 0.25) is 0 Å². The Morgan fingerprint density at radius 3 is 3.20 bits per heavy atom. The first-order valence-corrected chi connectivity index (χ1v) is 7.28. The summed E-state index contributed by atoms with van der Waals surface area (Å²) in [6.45, 7) is 4.58. The zero-order valence-electron chi connectivity index (χ0n) is 12.3. The zero-order chi connectivity index (χ0) is 14.4. The van der Waals surface area contributed by atoms with Gasteiger partial charge in [-0.2, -0.15) is 0 Å². The molecule has 1 aliphatic rings. The molecule has 0 aliphatic carbocycles. The zero-order valence-corrected chi connectivity index (χ0v) is 12.3. The molecular weight excluding hydrogens is 256 g/mol. The van der Waals surface area contributed by atoms with Crippen LogP contribution in [-0.2, 0) is 4.74 Å². The Labute approximate surface area is 119 Å². The van der Waals surface area contributed by atoms with Crippen LogP contribution in [0.4, 0.5) is 5.82 Å². The van der Waals surface area contributed by atoms with E-state index in [0.717, 1.165) is 39.0 Å². The Bertz CT molecular complexity index is 462. The van der Waals surface area contributed by atoms with E-state index in [-0.39, 0.29) is 5.56 Å². The largest absolute Gasteiger partial charge is 0.383 e. The van der Waals surface area contributed by atoms with Crippen molar-refractivity contribution in [2.24, 2.45) is 0 Å². The molecule has 0 saturated carbocycles. The molecule has 1 saturated heterocycles. The molecule has 112 valence electrons. The molecule has 20 heavy (non-hydrogen) atoms. The van der Waals surface area contributed by atoms with Gasteiger partial charge in [-0.3, -0.25) is 4.79 Å². The quantitative estimate of drug-likeness (QED) is 0.805. The summed E-state index contributed by atoms with van der Waals surface area (Å²) in [6, 6.07) is 0.747. The number of rotatable bonds is 6. The highest BCUT2D eigenvalue weighted by atomic mass is 16.5. The molecule has 2 heterocycles. The minimum Gasteiger partial charge on any atom is -0.383 e. The van der Waals surface area contributed by atoms with Crippen molar-refractivity contribution in [3.8, 4) is 0 Å². The van der Waals surface area contributed by atoms with E-state index in [9.17, 15) is 4.79 Å². The molecule has 2 N–H and O–H groups in total. The highest BCUT2D eigenvalue weighted by Gasteiger charge is 2.24. The molecule has 1 aromatic rings. The number of hydrogen-bond donors (Lipinski definition) is 2. The number of aromatic amines is 1. The van der Waals surface area contributed by atoms with Crippen molar-refractivity contribution in [1.82, 2.24) is 15.3 Å². The van der Waals surface area contributed by atoms with Crippen molar-refractivity contribution < 1.29 is 4.74 Å². The smallest absolute Gasteiger partial charge is 0.290 e. The first kappa shape index (κ1) is 15.0. The summed E-state index contributed by atoms with van der Waals surface area (Å²) in [5.41, 5.74) is -0.114. The van der Waals surface area contributed by atoms with Gasteiger partial charge < -0.3 is 19.9 Å². The molecule has 1 aromatic heterocycles. The highest BCUT2D eigenvalue weighted by molar-refractivity contribution is 5.36. The van der Waals surface area contributed by atoms with E-state index in [1.807, 2.05) is 0 Å². The average molecular weight is 280 g/mol. The Morgan fingerprint density at radius 1 is 1.65 bits per heavy atom. The number of methoxy groups -OCH3 is 1. The van der Waals surface area contributed by atoms with Crippen molar-refractivity contribution in [3.63, 3.8) is 0 Å². The topological polar surface area (TPSA) is 70.2 Å². The first-order valence-electron chi connectivity index (χ1n) is 7.28. The fourth-order valence-electron chi connectivity index (χ4n) is 2.69. The molecular formula is C14H24N4O2. The molecule has 1 fully saturated rings. The van der Waals surface area contributed by atoms with Crippen molar-refractivity contribution in [2.45, 2.75) is 38.3 Å². The van der Waals surface area contributed by atoms with Gasteiger partial charge in [-0.25, -0.2) is 4.98 Å². The lowest BCUT2D eigenvalue weighted by Gasteiger charge is -2.35. The van der Waals surface area contributed by atoms with Gasteiger partial charge in [0.15, 0.2) is 5.82 Å². The van der Waals surface area contributed by atoms with Crippen molar-refractivity contribution in [3.05, 3.63) is 22.7 Å². The lowest BCUT2D eigenvalue weighted by Crippen LogP contribution is -2.51. The summed E-state index contributed by atoms with van der Waals surface area (Å²) in [6.07, 6.45) is 6.43. The number of hydrogen-bond acceptors (Lipinski definition) is 5. The van der Waals surface area contributed by atoms with Crippen LogP contribution >= 0.6 is 0 Å². The number of ether oxygens (including phenoxy) is 1. The molecule has 6 heteroatoms. The van der Waals surface area contributed by atoms with Crippen LogP contribution in [0.5, 0.6) is 0 Å². The summed E-state index contributed by atoms with van der Waals surface area (Å²) < 4.78 is 5.22. The van der Waals surface area contributed by atoms with E-state index in [0.29, 0.717) is 17.9 Å². The van der Waals surface area contributed by atoms with Crippen molar-refractivity contribution >= 4 is 5.82 Å². The summed E-state index contributed by atoms with van der Waals surface area (Å²) in [7, 11) is 1.73. The van der Waals surface area contributed by atoms with E-state index < -0.39 is 0 Å². The standard InChI is InChI=1S/C14H24N4O2/c1-3-11(10-20-2)17-12-5-4-8-18(9-12)13-14(19)16-7-6-15-13/h6-7,11-12,17H,3-5,8-10H2,1-2H3,(H,16,19)/t11-,12-/m1/s1. The fourth-order valence-corrected chi connectivity index (χ4v) is 2.69. The van der Waals surface area contributed by atoms with Crippen LogP contribution in [0.2, 0.25) is 0 Å². The third kappa shape index (κ3) is 3.80. The van der Waals surface area contributed by atoms with Gasteiger partial charge in [-0.1, -0.05) is 6.92 Å². The van der Waals surface area contributed by atoms with Crippen LogP contribution in [-0.4, -0.2) is 48.9 Å². The lowest BCUT2D eigenvalue weighted by atomic mass is 10.0. The van der Waals surface area contributed by atoms with Gasteiger partial charge in [0.05, 0.1) is 6.61 Å². The molecule has 0 aromatic carbocycles. The number of piperidine rings is 1. The summed E-state index contributed by atoms with van der Waals surface area (Å²) in [5.74, 6) is 0.527. The van der Waals surface area contributed by atoms with E-state index >= 15 is 0 Å². The fraction of sp³-hybridized carbons (Fsp3) is 0.714. The molecule has 0 amide bonds. The molecule has 0 spiro atoms. The van der Waals surface area contributed by atoms with Gasteiger partial charge in [-0.05, 0) is 19.3 Å². The highest BCUT2D eigenvalue weighted by Crippen LogP contribution is 2.15. The molecule has 2 atom stereocenters. The van der Waals surface area contributed by atoms with E-state index in [1.54, 1.807) is 19.5 Å². The monoisotopic (exact) mass is 280 g/mol. The van der Waals surface area contributed by atoms with Gasteiger partial charge in [0.1, 0.15) is 0 Å². The first-order chi connectivity index (χ1) is 9.74. The predicted molar refractivity (Wildman–Crippen MR) is 79.2 cm³/mol. The van der Waals surface area contributed by atoms with Crippen molar-refractivity contribution in [2.75, 3.05) is 31.7 Å². The SMILES string of the molecule is CC[C@H](COC)N[C@@H]1CCCN(c2ncc[nH]c2=O)C1. The maximum atomic E-state index is 11.8. The second kappa shape index (κ2) is 7.40. The summed E-state index contributed by atoms with van der Waals surface area (Å²) >= 11 is 0. The lowest BCUT2D eigenvalue weighted by molar-refractivity contribution is 0.156. The third-order valence-corrected chi connectivity index (χ3v) is 3.74. The Hall–Kier alpha value is -1.40. The number of anilines is 1. The Kier molecular flexibility index (Phi) is 5.55. The normalized spacial score (nSPS) is 20.9. The van der Waals surface area contributed by atoms with E-state index in [1.165, 1.54) is 0 Å². The number of nitrogens with zero attached hydrogens (tertiary/aromatic N) is 2. The number of aromatic nitrogens is 2. The van der Waals surface area contributed by atoms with Crippen LogP contribution in [0, 0.1) is 0 Å². The Balaban J connectivity index is 1.98. The summed E-state index contributed by atoms with van der Waals surface area (Å²) in [4.78, 5) is 20.8. The number of H-pyrrole nitrogens is 1. The van der Waals surface area contributed by atoms with Crippen LogP contribution in [0.1, 0.15) is 26.2 Å². The third-order valence-electron chi connectivity index (χ3n) is 3.74. The maximum absolute atomic E-state index is 11.8. The molecule has 6 nitrogen and oxygen atoms in total. The van der Waals surface area contributed by atoms with E-state index in [4.69, 9.17) is 4.74 Å². The van der Waals surface area contributed by atoms with Crippen molar-refractivity contribution in [1.29, 1.82) is 0 Å². The molecule has 0 unspecified atom stereocenters. The minimum atomic E-state index is -0.114. The Morgan fingerprint density at radius 2 is 2.50 bits per heavy atom. The van der Waals surface area contributed by atoms with E-state index in [2.05, 4.69) is 27.1 Å². The maximum Gasteiger partial charge on any atom is 0.290 e. The second-order valence-corrected chi connectivity index (χ2v) is 5.25. The predicted octanol–water partition coefficient (Wildman–Crippen LogP) is 0.753. The molecule has 2 rings (SSSR count). The molecule has 1 aliphatic heterocycles. The van der Waals surface area contributed by atoms with Crippen LogP contribution in [0.15, 0.2) is 17.2 Å².